The van der Waals surface area contributed by atoms with Crippen LogP contribution in [0.2, 0.25) is 0 Å². The van der Waals surface area contributed by atoms with Gasteiger partial charge in [-0.3, -0.25) is 0 Å². The van der Waals surface area contributed by atoms with Gasteiger partial charge in [-0.25, -0.2) is 13.6 Å². The van der Waals surface area contributed by atoms with E-state index in [1.54, 1.807) is 6.07 Å². The van der Waals surface area contributed by atoms with Crippen molar-refractivity contribution in [2.75, 3.05) is 19.8 Å². The van der Waals surface area contributed by atoms with Crippen LogP contribution in [0.4, 0.5) is 0 Å². The van der Waals surface area contributed by atoms with Crippen LogP contribution in [0.1, 0.15) is 19.6 Å². The fourth-order valence-corrected chi connectivity index (χ4v) is 1.76. The van der Waals surface area contributed by atoms with E-state index < -0.39 is 10.0 Å². The van der Waals surface area contributed by atoms with Crippen molar-refractivity contribution < 1.29 is 17.6 Å². The topological polar surface area (TPSA) is 94.6 Å². The van der Waals surface area contributed by atoms with E-state index in [-0.39, 0.29) is 5.09 Å². The molecule has 104 valence electrons. The van der Waals surface area contributed by atoms with Crippen LogP contribution in [0.5, 0.6) is 0 Å². The molecule has 0 aliphatic carbocycles. The molecule has 0 spiro atoms. The van der Waals surface area contributed by atoms with Crippen LogP contribution in [0, 0.1) is 5.92 Å². The molecule has 0 aromatic carbocycles. The quantitative estimate of drug-likeness (QED) is 0.681. The summed E-state index contributed by atoms with van der Waals surface area (Å²) in [5.41, 5.74) is 0. The number of furan rings is 1. The Morgan fingerprint density at radius 2 is 2.17 bits per heavy atom. The second kappa shape index (κ2) is 6.89. The van der Waals surface area contributed by atoms with Gasteiger partial charge in [-0.2, -0.15) is 0 Å². The van der Waals surface area contributed by atoms with Gasteiger partial charge in [0.2, 0.25) is 5.09 Å². The van der Waals surface area contributed by atoms with E-state index in [0.29, 0.717) is 31.4 Å². The molecule has 1 aromatic rings. The Balaban J connectivity index is 2.22. The lowest BCUT2D eigenvalue weighted by molar-refractivity contribution is 0.111. The summed E-state index contributed by atoms with van der Waals surface area (Å²) in [5.74, 6) is 1.05. The molecule has 1 rings (SSSR count). The van der Waals surface area contributed by atoms with Crippen molar-refractivity contribution >= 4 is 10.0 Å². The number of nitrogens with one attached hydrogen (secondary N) is 1. The zero-order valence-corrected chi connectivity index (χ0v) is 11.5. The third kappa shape index (κ3) is 5.63. The summed E-state index contributed by atoms with van der Waals surface area (Å²) in [6, 6.07) is 2.93. The average molecular weight is 276 g/mol. The summed E-state index contributed by atoms with van der Waals surface area (Å²) in [7, 11) is -3.75. The Hall–Kier alpha value is -0.890. The molecule has 0 saturated carbocycles. The summed E-state index contributed by atoms with van der Waals surface area (Å²) < 4.78 is 32.4. The third-order valence-electron chi connectivity index (χ3n) is 2.09. The van der Waals surface area contributed by atoms with Gasteiger partial charge in [-0.15, -0.1) is 0 Å². The molecule has 0 amide bonds. The lowest BCUT2D eigenvalue weighted by atomic mass is 10.2. The number of hydrogen-bond donors (Lipinski definition) is 2. The zero-order valence-electron chi connectivity index (χ0n) is 10.7. The van der Waals surface area contributed by atoms with E-state index in [9.17, 15) is 8.42 Å². The molecule has 3 N–H and O–H groups in total. The number of sulfonamides is 1. The second-order valence-corrected chi connectivity index (χ2v) is 5.90. The van der Waals surface area contributed by atoms with Gasteiger partial charge >= 0.3 is 0 Å². The molecule has 0 bridgehead atoms. The molecule has 6 nitrogen and oxygen atoms in total. The highest BCUT2D eigenvalue weighted by Crippen LogP contribution is 2.11. The maximum absolute atomic E-state index is 11.0. The monoisotopic (exact) mass is 276 g/mol. The Labute approximate surface area is 108 Å². The zero-order chi connectivity index (χ0) is 13.6. The number of ether oxygens (including phenoxy) is 1. The Morgan fingerprint density at radius 1 is 1.44 bits per heavy atom. The minimum Gasteiger partial charge on any atom is -0.447 e. The highest BCUT2D eigenvalue weighted by Gasteiger charge is 2.12. The molecule has 0 atom stereocenters. The first-order valence-electron chi connectivity index (χ1n) is 5.79. The van der Waals surface area contributed by atoms with Crippen molar-refractivity contribution in [1.29, 1.82) is 0 Å². The van der Waals surface area contributed by atoms with Crippen LogP contribution in [0.25, 0.3) is 0 Å². The van der Waals surface area contributed by atoms with Crippen molar-refractivity contribution in [3.8, 4) is 0 Å². The summed E-state index contributed by atoms with van der Waals surface area (Å²) in [5, 5.41) is 7.80. The highest BCUT2D eigenvalue weighted by molar-refractivity contribution is 7.89. The van der Waals surface area contributed by atoms with Gasteiger partial charge in [0, 0.05) is 13.2 Å². The Morgan fingerprint density at radius 3 is 2.72 bits per heavy atom. The van der Waals surface area contributed by atoms with Crippen LogP contribution < -0.4 is 10.5 Å². The summed E-state index contributed by atoms with van der Waals surface area (Å²) in [6.07, 6.45) is 0. The number of hydrogen-bond acceptors (Lipinski definition) is 5. The van der Waals surface area contributed by atoms with E-state index in [1.165, 1.54) is 6.07 Å². The number of primary sulfonamides is 1. The lowest BCUT2D eigenvalue weighted by Gasteiger charge is -2.06. The van der Waals surface area contributed by atoms with Crippen molar-refractivity contribution in [2.24, 2.45) is 11.1 Å². The minimum atomic E-state index is -3.75. The molecular weight excluding hydrogens is 256 g/mol. The predicted octanol–water partition coefficient (Wildman–Crippen LogP) is 0.689. The molecule has 1 heterocycles. The van der Waals surface area contributed by atoms with Gasteiger partial charge in [0.05, 0.1) is 13.2 Å². The van der Waals surface area contributed by atoms with E-state index in [1.807, 2.05) is 0 Å². The first-order valence-corrected chi connectivity index (χ1v) is 7.34. The number of rotatable bonds is 8. The molecule has 0 aliphatic rings. The maximum atomic E-state index is 11.0. The molecule has 18 heavy (non-hydrogen) atoms. The largest absolute Gasteiger partial charge is 0.447 e. The summed E-state index contributed by atoms with van der Waals surface area (Å²) in [4.78, 5) is 0. The van der Waals surface area contributed by atoms with Crippen LogP contribution in [0.3, 0.4) is 0 Å². The summed E-state index contributed by atoms with van der Waals surface area (Å²) >= 11 is 0. The van der Waals surface area contributed by atoms with Gasteiger partial charge in [0.15, 0.2) is 0 Å². The molecule has 1 aromatic heterocycles. The van der Waals surface area contributed by atoms with Gasteiger partial charge in [-0.1, -0.05) is 13.8 Å². The molecular formula is C11H20N2O4S. The van der Waals surface area contributed by atoms with Crippen LogP contribution in [-0.2, 0) is 21.3 Å². The first kappa shape index (κ1) is 15.2. The fourth-order valence-electron chi connectivity index (χ4n) is 1.28. The second-order valence-electron chi connectivity index (χ2n) is 4.41. The molecule has 0 fully saturated rings. The molecule has 0 saturated heterocycles. The van der Waals surface area contributed by atoms with Crippen LogP contribution in [0.15, 0.2) is 21.6 Å². The molecule has 7 heteroatoms. The van der Waals surface area contributed by atoms with Crippen molar-refractivity contribution in [1.82, 2.24) is 5.32 Å². The normalized spacial score (nSPS) is 12.2. The standard InChI is InChI=1S/C11H20N2O4S/c1-9(2)8-16-6-5-13-7-10-3-4-11(17-10)18(12,14)15/h3-4,9,13H,5-8H2,1-2H3,(H2,12,14,15). The Bertz CT molecular complexity index is 453. The fraction of sp³-hybridized carbons (Fsp3) is 0.636. The molecule has 0 aliphatic heterocycles. The van der Waals surface area contributed by atoms with Gasteiger partial charge in [0.1, 0.15) is 5.76 Å². The molecule has 0 radical (unpaired) electrons. The van der Waals surface area contributed by atoms with Crippen molar-refractivity contribution in [2.45, 2.75) is 25.5 Å². The smallest absolute Gasteiger partial charge is 0.271 e. The highest BCUT2D eigenvalue weighted by atomic mass is 32.2. The lowest BCUT2D eigenvalue weighted by Crippen LogP contribution is -2.20. The minimum absolute atomic E-state index is 0.213. The van der Waals surface area contributed by atoms with E-state index in [2.05, 4.69) is 19.2 Å². The summed E-state index contributed by atoms with van der Waals surface area (Å²) in [6.45, 7) is 6.65. The van der Waals surface area contributed by atoms with Gasteiger partial charge in [0.25, 0.3) is 10.0 Å². The van der Waals surface area contributed by atoms with Crippen LogP contribution in [-0.4, -0.2) is 28.2 Å². The van der Waals surface area contributed by atoms with Gasteiger partial charge < -0.3 is 14.5 Å². The maximum Gasteiger partial charge on any atom is 0.271 e. The van der Waals surface area contributed by atoms with Gasteiger partial charge in [-0.05, 0) is 18.1 Å². The van der Waals surface area contributed by atoms with Crippen molar-refractivity contribution in [3.05, 3.63) is 17.9 Å². The third-order valence-corrected chi connectivity index (χ3v) is 2.87. The number of nitrogens with two attached hydrogens (primary N) is 1. The van der Waals surface area contributed by atoms with E-state index >= 15 is 0 Å². The average Bonchev–Trinajstić information content (AvgIpc) is 2.71. The van der Waals surface area contributed by atoms with E-state index in [4.69, 9.17) is 14.3 Å². The van der Waals surface area contributed by atoms with E-state index in [0.717, 1.165) is 6.61 Å². The SMILES string of the molecule is CC(C)COCCNCc1ccc(S(N)(=O)=O)o1. The van der Waals surface area contributed by atoms with Crippen LogP contribution >= 0.6 is 0 Å². The predicted molar refractivity (Wildman–Crippen MR) is 67.4 cm³/mol. The van der Waals surface area contributed by atoms with Crippen molar-refractivity contribution in [3.63, 3.8) is 0 Å². The first-order chi connectivity index (χ1) is 8.39. The molecule has 0 unspecified atom stereocenters. The Kier molecular flexibility index (Phi) is 5.80.